The van der Waals surface area contributed by atoms with E-state index in [1.165, 1.54) is 0 Å². The average molecular weight is 290 g/mol. The van der Waals surface area contributed by atoms with Crippen molar-refractivity contribution in [3.05, 3.63) is 35.4 Å². The Morgan fingerprint density at radius 2 is 1.74 bits per heavy atom. The molecule has 1 rings (SSSR count). The summed E-state index contributed by atoms with van der Waals surface area (Å²) in [6.07, 6.45) is 2.04. The number of ketones is 1. The van der Waals surface area contributed by atoms with Gasteiger partial charge in [-0.3, -0.25) is 4.79 Å². The molecular formula is C13H16F2O3S. The van der Waals surface area contributed by atoms with Crippen molar-refractivity contribution in [2.45, 2.75) is 26.2 Å². The molecule has 0 bridgehead atoms. The topological polar surface area (TPSA) is 51.2 Å². The monoisotopic (exact) mass is 290 g/mol. The van der Waals surface area contributed by atoms with E-state index in [0.29, 0.717) is 6.42 Å². The maximum atomic E-state index is 13.3. The summed E-state index contributed by atoms with van der Waals surface area (Å²) in [5.41, 5.74) is -0.776. The number of Topliss-reactive ketones (excluding diaryl/α,β-unsaturated/α-hetero) is 1. The third kappa shape index (κ3) is 4.70. The lowest BCUT2D eigenvalue weighted by molar-refractivity contribution is 0.101. The first kappa shape index (κ1) is 15.8. The zero-order valence-electron chi connectivity index (χ0n) is 10.7. The maximum absolute atomic E-state index is 13.3. The van der Waals surface area contributed by atoms with Crippen molar-refractivity contribution in [1.82, 2.24) is 0 Å². The van der Waals surface area contributed by atoms with Crippen LogP contribution in [0.3, 0.4) is 0 Å². The Bertz CT molecular complexity index is 533. The van der Waals surface area contributed by atoms with Gasteiger partial charge in [0.2, 0.25) is 0 Å². The van der Waals surface area contributed by atoms with Crippen molar-refractivity contribution in [2.75, 3.05) is 11.5 Å². The molecular weight excluding hydrogens is 274 g/mol. The molecule has 0 N–H and O–H groups in total. The smallest absolute Gasteiger partial charge is 0.183 e. The van der Waals surface area contributed by atoms with Crippen molar-refractivity contribution >= 4 is 15.6 Å². The highest BCUT2D eigenvalue weighted by atomic mass is 32.2. The van der Waals surface area contributed by atoms with Crippen LogP contribution in [-0.4, -0.2) is 25.7 Å². The third-order valence-corrected chi connectivity index (χ3v) is 4.26. The number of rotatable bonds is 7. The summed E-state index contributed by atoms with van der Waals surface area (Å²) < 4.78 is 49.9. The normalized spacial score (nSPS) is 11.5. The molecule has 1 aromatic carbocycles. The fourth-order valence-electron chi connectivity index (χ4n) is 1.68. The summed E-state index contributed by atoms with van der Waals surface area (Å²) >= 11 is 0. The minimum absolute atomic E-state index is 0.136. The van der Waals surface area contributed by atoms with E-state index in [1.807, 2.05) is 6.92 Å². The van der Waals surface area contributed by atoms with Crippen LogP contribution in [0.25, 0.3) is 0 Å². The molecule has 0 aliphatic carbocycles. The Balaban J connectivity index is 2.80. The molecule has 0 saturated heterocycles. The Kier molecular flexibility index (Phi) is 5.60. The lowest BCUT2D eigenvalue weighted by atomic mass is 10.1. The molecule has 0 heterocycles. The second-order valence-electron chi connectivity index (χ2n) is 4.32. The van der Waals surface area contributed by atoms with E-state index >= 15 is 0 Å². The van der Waals surface area contributed by atoms with Crippen molar-refractivity contribution in [2.24, 2.45) is 0 Å². The first-order valence-corrected chi connectivity index (χ1v) is 7.87. The van der Waals surface area contributed by atoms with Crippen LogP contribution < -0.4 is 0 Å². The minimum atomic E-state index is -3.62. The highest BCUT2D eigenvalue weighted by Gasteiger charge is 2.23. The number of halogens is 2. The minimum Gasteiger partial charge on any atom is -0.293 e. The van der Waals surface area contributed by atoms with Crippen molar-refractivity contribution in [3.63, 3.8) is 0 Å². The van der Waals surface area contributed by atoms with Crippen molar-refractivity contribution in [3.8, 4) is 0 Å². The molecule has 0 aliphatic rings. The fraction of sp³-hybridized carbons (Fsp3) is 0.462. The van der Waals surface area contributed by atoms with Crippen LogP contribution in [-0.2, 0) is 9.84 Å². The van der Waals surface area contributed by atoms with Crippen LogP contribution in [0, 0.1) is 11.6 Å². The molecule has 0 unspecified atom stereocenters. The van der Waals surface area contributed by atoms with Gasteiger partial charge in [0.1, 0.15) is 17.4 Å². The summed E-state index contributed by atoms with van der Waals surface area (Å²) in [4.78, 5) is 11.7. The number of hydrogen-bond donors (Lipinski definition) is 0. The Labute approximate surface area is 111 Å². The zero-order chi connectivity index (χ0) is 14.5. The molecule has 0 atom stereocenters. The summed E-state index contributed by atoms with van der Waals surface area (Å²) in [5.74, 6) is -4.09. The number of sulfone groups is 1. The van der Waals surface area contributed by atoms with E-state index in [9.17, 15) is 22.0 Å². The highest BCUT2D eigenvalue weighted by molar-refractivity contribution is 7.92. The van der Waals surface area contributed by atoms with Gasteiger partial charge in [0.05, 0.1) is 11.3 Å². The lowest BCUT2D eigenvalue weighted by Gasteiger charge is -2.05. The van der Waals surface area contributed by atoms with Gasteiger partial charge < -0.3 is 0 Å². The zero-order valence-corrected chi connectivity index (χ0v) is 11.5. The third-order valence-electron chi connectivity index (χ3n) is 2.65. The summed E-state index contributed by atoms with van der Waals surface area (Å²) in [7, 11) is -3.62. The average Bonchev–Trinajstić information content (AvgIpc) is 2.28. The molecule has 19 heavy (non-hydrogen) atoms. The first-order valence-electron chi connectivity index (χ1n) is 6.05. The van der Waals surface area contributed by atoms with Crippen LogP contribution in [0.15, 0.2) is 18.2 Å². The second kappa shape index (κ2) is 6.75. The van der Waals surface area contributed by atoms with Gasteiger partial charge in [-0.2, -0.15) is 0 Å². The van der Waals surface area contributed by atoms with Gasteiger partial charge in [0.25, 0.3) is 0 Å². The largest absolute Gasteiger partial charge is 0.293 e. The van der Waals surface area contributed by atoms with Crippen LogP contribution >= 0.6 is 0 Å². The Hall–Kier alpha value is -1.30. The SMILES string of the molecule is CCCCCS(=O)(=O)CC(=O)c1c(F)cccc1F. The molecule has 0 fully saturated rings. The number of benzene rings is 1. The van der Waals surface area contributed by atoms with Gasteiger partial charge in [-0.05, 0) is 18.6 Å². The van der Waals surface area contributed by atoms with Gasteiger partial charge in [0, 0.05) is 0 Å². The summed E-state index contributed by atoms with van der Waals surface area (Å²) in [5, 5.41) is 0. The molecule has 3 nitrogen and oxygen atoms in total. The quantitative estimate of drug-likeness (QED) is 0.573. The summed E-state index contributed by atoms with van der Waals surface area (Å²) in [6.45, 7) is 1.92. The van der Waals surface area contributed by atoms with E-state index in [1.54, 1.807) is 0 Å². The maximum Gasteiger partial charge on any atom is 0.183 e. The molecule has 0 radical (unpaired) electrons. The lowest BCUT2D eigenvalue weighted by Crippen LogP contribution is -2.21. The molecule has 106 valence electrons. The predicted octanol–water partition coefficient (Wildman–Crippen LogP) is 2.75. The molecule has 0 aromatic heterocycles. The predicted molar refractivity (Wildman–Crippen MR) is 68.9 cm³/mol. The molecule has 0 amide bonds. The van der Waals surface area contributed by atoms with Crippen molar-refractivity contribution < 1.29 is 22.0 Å². The van der Waals surface area contributed by atoms with E-state index in [-0.39, 0.29) is 5.75 Å². The molecule has 0 saturated carbocycles. The van der Waals surface area contributed by atoms with E-state index in [4.69, 9.17) is 0 Å². The van der Waals surface area contributed by atoms with Crippen LogP contribution in [0.5, 0.6) is 0 Å². The van der Waals surface area contributed by atoms with Gasteiger partial charge in [0.15, 0.2) is 15.6 Å². The number of hydrogen-bond acceptors (Lipinski definition) is 3. The number of carbonyl (C=O) groups is 1. The second-order valence-corrected chi connectivity index (χ2v) is 6.50. The molecule has 6 heteroatoms. The van der Waals surface area contributed by atoms with E-state index in [0.717, 1.165) is 31.0 Å². The van der Waals surface area contributed by atoms with Gasteiger partial charge in [-0.15, -0.1) is 0 Å². The van der Waals surface area contributed by atoms with Crippen LogP contribution in [0.4, 0.5) is 8.78 Å². The molecule has 1 aromatic rings. The van der Waals surface area contributed by atoms with Gasteiger partial charge in [-0.25, -0.2) is 17.2 Å². The molecule has 0 spiro atoms. The van der Waals surface area contributed by atoms with Crippen LogP contribution in [0.2, 0.25) is 0 Å². The summed E-state index contributed by atoms with van der Waals surface area (Å²) in [6, 6.07) is 2.98. The number of unbranched alkanes of at least 4 members (excludes halogenated alkanes) is 2. The Morgan fingerprint density at radius 3 is 2.26 bits per heavy atom. The Morgan fingerprint density at radius 1 is 1.16 bits per heavy atom. The number of carbonyl (C=O) groups excluding carboxylic acids is 1. The van der Waals surface area contributed by atoms with E-state index < -0.39 is 38.6 Å². The van der Waals surface area contributed by atoms with E-state index in [2.05, 4.69) is 0 Å². The standard InChI is InChI=1S/C13H16F2O3S/c1-2-3-4-8-19(17,18)9-12(16)13-10(14)6-5-7-11(13)15/h5-7H,2-4,8-9H2,1H3. The molecule has 0 aliphatic heterocycles. The first-order chi connectivity index (χ1) is 8.87. The fourth-order valence-corrected chi connectivity index (χ4v) is 3.01. The van der Waals surface area contributed by atoms with Gasteiger partial charge in [-0.1, -0.05) is 25.8 Å². The highest BCUT2D eigenvalue weighted by Crippen LogP contribution is 2.14. The van der Waals surface area contributed by atoms with Crippen LogP contribution in [0.1, 0.15) is 36.5 Å². The van der Waals surface area contributed by atoms with Gasteiger partial charge >= 0.3 is 0 Å². The van der Waals surface area contributed by atoms with Crippen molar-refractivity contribution in [1.29, 1.82) is 0 Å².